The standard InChI is InChI=1S/C21H28N6O2/c1-22-21(26-10-11-29-19(15-26)17-12-24-25(2)14-17)23-13-20(28)27-9-5-7-16-6-3-4-8-18(16)27/h3-4,6,8,12,14,19H,5,7,9-11,13,15H2,1-2H3,(H,22,23). The second-order valence-corrected chi connectivity index (χ2v) is 7.43. The molecule has 1 atom stereocenters. The van der Waals surface area contributed by atoms with Crippen molar-refractivity contribution in [3.63, 3.8) is 0 Å². The van der Waals surface area contributed by atoms with E-state index in [0.717, 1.165) is 43.1 Å². The first-order valence-corrected chi connectivity index (χ1v) is 10.1. The molecule has 1 aromatic heterocycles. The minimum absolute atomic E-state index is 0.0549. The van der Waals surface area contributed by atoms with Crippen molar-refractivity contribution in [2.75, 3.05) is 44.7 Å². The van der Waals surface area contributed by atoms with E-state index in [4.69, 9.17) is 4.74 Å². The molecule has 1 unspecified atom stereocenters. The van der Waals surface area contributed by atoms with E-state index in [-0.39, 0.29) is 18.6 Å². The van der Waals surface area contributed by atoms with Gasteiger partial charge in [-0.2, -0.15) is 5.10 Å². The number of benzene rings is 1. The number of amides is 1. The molecule has 1 fully saturated rings. The van der Waals surface area contributed by atoms with Gasteiger partial charge in [0.15, 0.2) is 5.96 Å². The minimum atomic E-state index is -0.0549. The molecule has 0 radical (unpaired) electrons. The van der Waals surface area contributed by atoms with Gasteiger partial charge in [-0.1, -0.05) is 18.2 Å². The van der Waals surface area contributed by atoms with Crippen LogP contribution in [-0.2, 0) is 23.0 Å². The van der Waals surface area contributed by atoms with E-state index < -0.39 is 0 Å². The lowest BCUT2D eigenvalue weighted by Crippen LogP contribution is -2.51. The molecule has 29 heavy (non-hydrogen) atoms. The summed E-state index contributed by atoms with van der Waals surface area (Å²) in [6.45, 7) is 2.99. The Morgan fingerprint density at radius 1 is 1.34 bits per heavy atom. The molecule has 4 rings (SSSR count). The topological polar surface area (TPSA) is 75.0 Å². The average Bonchev–Trinajstić information content (AvgIpc) is 3.20. The Balaban J connectivity index is 1.38. The lowest BCUT2D eigenvalue weighted by Gasteiger charge is -2.35. The van der Waals surface area contributed by atoms with Gasteiger partial charge in [-0.3, -0.25) is 14.5 Å². The van der Waals surface area contributed by atoms with Crippen LogP contribution in [0.4, 0.5) is 5.69 Å². The van der Waals surface area contributed by atoms with Crippen LogP contribution in [0.2, 0.25) is 0 Å². The molecule has 2 aromatic rings. The molecule has 2 aliphatic heterocycles. The number of fused-ring (bicyclic) bond motifs is 1. The lowest BCUT2D eigenvalue weighted by molar-refractivity contribution is -0.117. The molecular weight excluding hydrogens is 368 g/mol. The van der Waals surface area contributed by atoms with E-state index >= 15 is 0 Å². The molecule has 1 saturated heterocycles. The minimum Gasteiger partial charge on any atom is -0.370 e. The molecule has 0 spiro atoms. The smallest absolute Gasteiger partial charge is 0.246 e. The highest BCUT2D eigenvalue weighted by molar-refractivity contribution is 5.98. The lowest BCUT2D eigenvalue weighted by atomic mass is 10.0. The second kappa shape index (κ2) is 8.65. The molecule has 1 aromatic carbocycles. The summed E-state index contributed by atoms with van der Waals surface area (Å²) in [5, 5.41) is 7.49. The first-order valence-electron chi connectivity index (χ1n) is 10.1. The summed E-state index contributed by atoms with van der Waals surface area (Å²) in [7, 11) is 3.65. The van der Waals surface area contributed by atoms with E-state index in [1.54, 1.807) is 11.7 Å². The van der Waals surface area contributed by atoms with Gasteiger partial charge in [0, 0.05) is 44.6 Å². The van der Waals surface area contributed by atoms with Gasteiger partial charge < -0.3 is 19.9 Å². The number of aryl methyl sites for hydroxylation is 2. The summed E-state index contributed by atoms with van der Waals surface area (Å²) < 4.78 is 7.69. The number of carbonyl (C=O) groups excluding carboxylic acids is 1. The highest BCUT2D eigenvalue weighted by atomic mass is 16.5. The van der Waals surface area contributed by atoms with Gasteiger partial charge in [0.05, 0.1) is 25.9 Å². The van der Waals surface area contributed by atoms with Crippen LogP contribution < -0.4 is 10.2 Å². The van der Waals surface area contributed by atoms with E-state index in [0.29, 0.717) is 13.2 Å². The summed E-state index contributed by atoms with van der Waals surface area (Å²) in [5.41, 5.74) is 3.32. The number of hydrogen-bond acceptors (Lipinski definition) is 4. The predicted octanol–water partition coefficient (Wildman–Crippen LogP) is 1.35. The Morgan fingerprint density at radius 3 is 3.00 bits per heavy atom. The van der Waals surface area contributed by atoms with Crippen molar-refractivity contribution in [3.05, 3.63) is 47.8 Å². The van der Waals surface area contributed by atoms with Crippen LogP contribution in [0, 0.1) is 0 Å². The summed E-state index contributed by atoms with van der Waals surface area (Å²) >= 11 is 0. The third-order valence-corrected chi connectivity index (χ3v) is 5.48. The third-order valence-electron chi connectivity index (χ3n) is 5.48. The van der Waals surface area contributed by atoms with Crippen molar-refractivity contribution >= 4 is 17.6 Å². The van der Waals surface area contributed by atoms with Crippen molar-refractivity contribution in [1.29, 1.82) is 0 Å². The highest BCUT2D eigenvalue weighted by Gasteiger charge is 2.26. The fourth-order valence-electron chi connectivity index (χ4n) is 4.02. The fraction of sp³-hybridized carbons (Fsp3) is 0.476. The molecule has 0 bridgehead atoms. The molecule has 0 aliphatic carbocycles. The number of rotatable bonds is 3. The quantitative estimate of drug-likeness (QED) is 0.626. The number of carbonyl (C=O) groups is 1. The Morgan fingerprint density at radius 2 is 2.21 bits per heavy atom. The number of ether oxygens (including phenoxy) is 1. The third kappa shape index (κ3) is 4.27. The number of hydrogen-bond donors (Lipinski definition) is 1. The van der Waals surface area contributed by atoms with Gasteiger partial charge in [0.1, 0.15) is 6.10 Å². The number of aromatic nitrogens is 2. The zero-order valence-corrected chi connectivity index (χ0v) is 17.0. The van der Waals surface area contributed by atoms with Gasteiger partial charge in [0.2, 0.25) is 5.91 Å². The number of para-hydroxylation sites is 1. The van der Waals surface area contributed by atoms with E-state index in [2.05, 4.69) is 26.4 Å². The molecule has 154 valence electrons. The Hall–Kier alpha value is -2.87. The molecule has 8 nitrogen and oxygen atoms in total. The number of guanidine groups is 1. The number of morpholine rings is 1. The van der Waals surface area contributed by atoms with Crippen LogP contribution >= 0.6 is 0 Å². The Bertz CT molecular complexity index is 893. The van der Waals surface area contributed by atoms with Crippen molar-refractivity contribution in [2.24, 2.45) is 12.0 Å². The number of anilines is 1. The van der Waals surface area contributed by atoms with Crippen molar-refractivity contribution in [3.8, 4) is 0 Å². The van der Waals surface area contributed by atoms with E-state index in [9.17, 15) is 4.79 Å². The van der Waals surface area contributed by atoms with Gasteiger partial charge in [-0.15, -0.1) is 0 Å². The van der Waals surface area contributed by atoms with E-state index in [1.165, 1.54) is 5.56 Å². The van der Waals surface area contributed by atoms with Crippen molar-refractivity contribution < 1.29 is 9.53 Å². The fourth-order valence-corrected chi connectivity index (χ4v) is 4.02. The first-order chi connectivity index (χ1) is 14.2. The van der Waals surface area contributed by atoms with Crippen LogP contribution in [0.15, 0.2) is 41.7 Å². The summed E-state index contributed by atoms with van der Waals surface area (Å²) in [5.74, 6) is 0.788. The SMILES string of the molecule is CN=C(NCC(=O)N1CCCc2ccccc21)N1CCOC(c2cnn(C)c2)C1. The van der Waals surface area contributed by atoms with Crippen LogP contribution in [0.5, 0.6) is 0 Å². The zero-order valence-electron chi connectivity index (χ0n) is 17.0. The molecular formula is C21H28N6O2. The number of nitrogens with one attached hydrogen (secondary N) is 1. The predicted molar refractivity (Wildman–Crippen MR) is 112 cm³/mol. The summed E-state index contributed by atoms with van der Waals surface area (Å²) in [6, 6.07) is 8.15. The molecule has 2 aliphatic rings. The molecule has 3 heterocycles. The van der Waals surface area contributed by atoms with Crippen LogP contribution in [0.25, 0.3) is 0 Å². The van der Waals surface area contributed by atoms with Crippen molar-refractivity contribution in [1.82, 2.24) is 20.0 Å². The summed E-state index contributed by atoms with van der Waals surface area (Å²) in [6.07, 6.45) is 5.77. The molecule has 1 amide bonds. The van der Waals surface area contributed by atoms with Gasteiger partial charge >= 0.3 is 0 Å². The summed E-state index contributed by atoms with van der Waals surface area (Å²) in [4.78, 5) is 21.3. The Labute approximate surface area is 171 Å². The second-order valence-electron chi connectivity index (χ2n) is 7.43. The highest BCUT2D eigenvalue weighted by Crippen LogP contribution is 2.26. The number of nitrogens with zero attached hydrogens (tertiary/aromatic N) is 5. The number of aliphatic imine (C=N–C) groups is 1. The Kier molecular flexibility index (Phi) is 5.80. The average molecular weight is 396 g/mol. The van der Waals surface area contributed by atoms with Crippen LogP contribution in [-0.4, -0.2) is 66.4 Å². The van der Waals surface area contributed by atoms with Crippen LogP contribution in [0.3, 0.4) is 0 Å². The normalized spacial score (nSPS) is 19.8. The molecule has 8 heteroatoms. The first kappa shape index (κ1) is 19.4. The molecule has 0 saturated carbocycles. The maximum atomic E-state index is 12.9. The van der Waals surface area contributed by atoms with Crippen LogP contribution in [0.1, 0.15) is 23.7 Å². The molecule has 1 N–H and O–H groups in total. The maximum Gasteiger partial charge on any atom is 0.246 e. The largest absolute Gasteiger partial charge is 0.370 e. The van der Waals surface area contributed by atoms with Gasteiger partial charge in [-0.25, -0.2) is 0 Å². The van der Waals surface area contributed by atoms with Gasteiger partial charge in [0.25, 0.3) is 0 Å². The van der Waals surface area contributed by atoms with Crippen molar-refractivity contribution in [2.45, 2.75) is 18.9 Å². The van der Waals surface area contributed by atoms with E-state index in [1.807, 2.05) is 42.5 Å². The van der Waals surface area contributed by atoms with Gasteiger partial charge in [-0.05, 0) is 24.5 Å². The monoisotopic (exact) mass is 396 g/mol. The maximum absolute atomic E-state index is 12.9. The zero-order chi connectivity index (χ0) is 20.2.